The van der Waals surface area contributed by atoms with Crippen LogP contribution in [-0.4, -0.2) is 11.0 Å². The zero-order valence-electron chi connectivity index (χ0n) is 9.94. The van der Waals surface area contributed by atoms with Gasteiger partial charge in [-0.3, -0.25) is 4.98 Å². The number of hydrogen-bond acceptors (Lipinski definition) is 3. The summed E-state index contributed by atoms with van der Waals surface area (Å²) in [4.78, 5) is 5.69. The van der Waals surface area contributed by atoms with Gasteiger partial charge < -0.3 is 5.32 Å². The number of nitrogens with zero attached hydrogens (tertiary/aromatic N) is 1. The SMILES string of the molecule is Cc1ccsc1-c1cncc(CNC2CC2)c1. The van der Waals surface area contributed by atoms with E-state index in [1.807, 2.05) is 12.4 Å². The van der Waals surface area contributed by atoms with Crippen molar-refractivity contribution in [2.45, 2.75) is 32.4 Å². The van der Waals surface area contributed by atoms with Crippen molar-refractivity contribution in [2.75, 3.05) is 0 Å². The van der Waals surface area contributed by atoms with Crippen LogP contribution in [0.15, 0.2) is 29.9 Å². The van der Waals surface area contributed by atoms with Gasteiger partial charge in [-0.15, -0.1) is 11.3 Å². The summed E-state index contributed by atoms with van der Waals surface area (Å²) >= 11 is 1.79. The number of aromatic nitrogens is 1. The molecular formula is C14H16N2S. The maximum Gasteiger partial charge on any atom is 0.0387 e. The van der Waals surface area contributed by atoms with Gasteiger partial charge >= 0.3 is 0 Å². The first-order chi connectivity index (χ1) is 8.33. The second-order valence-electron chi connectivity index (χ2n) is 4.67. The van der Waals surface area contributed by atoms with E-state index < -0.39 is 0 Å². The molecule has 1 fully saturated rings. The molecule has 0 unspecified atom stereocenters. The first-order valence-electron chi connectivity index (χ1n) is 6.05. The summed E-state index contributed by atoms with van der Waals surface area (Å²) in [6, 6.07) is 5.17. The van der Waals surface area contributed by atoms with Crippen molar-refractivity contribution >= 4 is 11.3 Å². The van der Waals surface area contributed by atoms with Gasteiger partial charge in [0.25, 0.3) is 0 Å². The summed E-state index contributed by atoms with van der Waals surface area (Å²) in [6.07, 6.45) is 6.58. The van der Waals surface area contributed by atoms with Crippen molar-refractivity contribution in [1.29, 1.82) is 0 Å². The van der Waals surface area contributed by atoms with E-state index in [0.717, 1.165) is 12.6 Å². The van der Waals surface area contributed by atoms with Crippen LogP contribution in [-0.2, 0) is 6.54 Å². The zero-order chi connectivity index (χ0) is 11.7. The maximum absolute atomic E-state index is 4.35. The Kier molecular flexibility index (Phi) is 2.95. The third kappa shape index (κ3) is 2.56. The molecule has 88 valence electrons. The molecule has 3 rings (SSSR count). The van der Waals surface area contributed by atoms with Gasteiger partial charge in [-0.2, -0.15) is 0 Å². The molecule has 1 aliphatic rings. The molecule has 0 saturated heterocycles. The van der Waals surface area contributed by atoms with E-state index in [4.69, 9.17) is 0 Å². The fourth-order valence-corrected chi connectivity index (χ4v) is 2.84. The molecule has 2 heterocycles. The molecule has 17 heavy (non-hydrogen) atoms. The highest BCUT2D eigenvalue weighted by atomic mass is 32.1. The number of thiophene rings is 1. The zero-order valence-corrected chi connectivity index (χ0v) is 10.8. The Hall–Kier alpha value is -1.19. The molecule has 0 aromatic carbocycles. The van der Waals surface area contributed by atoms with Gasteiger partial charge in [-0.25, -0.2) is 0 Å². The van der Waals surface area contributed by atoms with Crippen LogP contribution in [0.25, 0.3) is 10.4 Å². The minimum absolute atomic E-state index is 0.752. The molecule has 0 amide bonds. The molecule has 2 aromatic heterocycles. The largest absolute Gasteiger partial charge is 0.310 e. The Balaban J connectivity index is 1.80. The predicted molar refractivity (Wildman–Crippen MR) is 72.1 cm³/mol. The van der Waals surface area contributed by atoms with Crippen LogP contribution in [0.3, 0.4) is 0 Å². The van der Waals surface area contributed by atoms with E-state index in [0.29, 0.717) is 0 Å². The lowest BCUT2D eigenvalue weighted by Gasteiger charge is -2.05. The van der Waals surface area contributed by atoms with Gasteiger partial charge in [0.2, 0.25) is 0 Å². The summed E-state index contributed by atoms with van der Waals surface area (Å²) in [5.74, 6) is 0. The first kappa shape index (κ1) is 10.9. The van der Waals surface area contributed by atoms with Crippen molar-refractivity contribution in [3.63, 3.8) is 0 Å². The molecule has 1 saturated carbocycles. The highest BCUT2D eigenvalue weighted by molar-refractivity contribution is 7.13. The fraction of sp³-hybridized carbons (Fsp3) is 0.357. The summed E-state index contributed by atoms with van der Waals surface area (Å²) < 4.78 is 0. The molecule has 1 aliphatic carbocycles. The van der Waals surface area contributed by atoms with E-state index in [-0.39, 0.29) is 0 Å². The summed E-state index contributed by atoms with van der Waals surface area (Å²) in [5, 5.41) is 5.66. The normalized spacial score (nSPS) is 15.1. The Bertz CT molecular complexity index is 514. The summed E-state index contributed by atoms with van der Waals surface area (Å²) in [7, 11) is 0. The van der Waals surface area contributed by atoms with E-state index in [1.165, 1.54) is 34.4 Å². The second-order valence-corrected chi connectivity index (χ2v) is 5.59. The van der Waals surface area contributed by atoms with Crippen LogP contribution in [0.4, 0.5) is 0 Å². The van der Waals surface area contributed by atoms with Crippen LogP contribution < -0.4 is 5.32 Å². The predicted octanol–water partition coefficient (Wildman–Crippen LogP) is 3.37. The Morgan fingerprint density at radius 3 is 3.00 bits per heavy atom. The molecule has 0 atom stereocenters. The van der Waals surface area contributed by atoms with Gasteiger partial charge in [0, 0.05) is 35.4 Å². The standard InChI is InChI=1S/C14H16N2S/c1-10-4-5-17-14(10)12-6-11(7-15-9-12)8-16-13-2-3-13/h4-7,9,13,16H,2-3,8H2,1H3. The Morgan fingerprint density at radius 2 is 2.29 bits per heavy atom. The molecule has 0 spiro atoms. The average molecular weight is 244 g/mol. The lowest BCUT2D eigenvalue weighted by atomic mass is 10.1. The number of hydrogen-bond donors (Lipinski definition) is 1. The third-order valence-corrected chi connectivity index (χ3v) is 4.16. The van der Waals surface area contributed by atoms with Crippen molar-refractivity contribution in [1.82, 2.24) is 10.3 Å². The Labute approximate surface area is 106 Å². The molecule has 2 aromatic rings. The maximum atomic E-state index is 4.35. The third-order valence-electron chi connectivity index (χ3n) is 3.09. The monoisotopic (exact) mass is 244 g/mol. The van der Waals surface area contributed by atoms with Crippen molar-refractivity contribution < 1.29 is 0 Å². The number of aryl methyl sites for hydroxylation is 1. The first-order valence-corrected chi connectivity index (χ1v) is 6.92. The van der Waals surface area contributed by atoms with E-state index in [1.54, 1.807) is 11.3 Å². The highest BCUT2D eigenvalue weighted by Crippen LogP contribution is 2.29. The highest BCUT2D eigenvalue weighted by Gasteiger charge is 2.20. The van der Waals surface area contributed by atoms with Gasteiger partial charge in [0.05, 0.1) is 0 Å². The van der Waals surface area contributed by atoms with Gasteiger partial charge in [0.15, 0.2) is 0 Å². The quantitative estimate of drug-likeness (QED) is 0.892. The molecule has 0 radical (unpaired) electrons. The van der Waals surface area contributed by atoms with Crippen molar-refractivity contribution in [3.8, 4) is 10.4 Å². The van der Waals surface area contributed by atoms with Gasteiger partial charge in [-0.05, 0) is 48.4 Å². The number of nitrogens with one attached hydrogen (secondary N) is 1. The van der Waals surface area contributed by atoms with Crippen LogP contribution in [0.5, 0.6) is 0 Å². The molecule has 2 nitrogen and oxygen atoms in total. The van der Waals surface area contributed by atoms with E-state index >= 15 is 0 Å². The average Bonchev–Trinajstić information content (AvgIpc) is 3.08. The number of pyridine rings is 1. The van der Waals surface area contributed by atoms with E-state index in [9.17, 15) is 0 Å². The van der Waals surface area contributed by atoms with Crippen LogP contribution in [0.2, 0.25) is 0 Å². The molecular weight excluding hydrogens is 228 g/mol. The van der Waals surface area contributed by atoms with E-state index in [2.05, 4.69) is 34.7 Å². The molecule has 0 aliphatic heterocycles. The molecule has 3 heteroatoms. The smallest absolute Gasteiger partial charge is 0.0387 e. The van der Waals surface area contributed by atoms with Crippen LogP contribution in [0, 0.1) is 6.92 Å². The van der Waals surface area contributed by atoms with Crippen molar-refractivity contribution in [3.05, 3.63) is 41.0 Å². The lowest BCUT2D eigenvalue weighted by molar-refractivity contribution is 0.686. The van der Waals surface area contributed by atoms with Gasteiger partial charge in [-0.1, -0.05) is 0 Å². The van der Waals surface area contributed by atoms with Crippen LogP contribution >= 0.6 is 11.3 Å². The fourth-order valence-electron chi connectivity index (χ4n) is 1.93. The molecule has 0 bridgehead atoms. The van der Waals surface area contributed by atoms with Gasteiger partial charge in [0.1, 0.15) is 0 Å². The Morgan fingerprint density at radius 1 is 1.41 bits per heavy atom. The lowest BCUT2D eigenvalue weighted by Crippen LogP contribution is -2.15. The molecule has 1 N–H and O–H groups in total. The minimum atomic E-state index is 0.752. The summed E-state index contributed by atoms with van der Waals surface area (Å²) in [5.41, 5.74) is 3.86. The minimum Gasteiger partial charge on any atom is -0.310 e. The topological polar surface area (TPSA) is 24.9 Å². The summed E-state index contributed by atoms with van der Waals surface area (Å²) in [6.45, 7) is 3.09. The number of rotatable bonds is 4. The van der Waals surface area contributed by atoms with Crippen molar-refractivity contribution in [2.24, 2.45) is 0 Å². The van der Waals surface area contributed by atoms with Crippen LogP contribution in [0.1, 0.15) is 24.0 Å². The second kappa shape index (κ2) is 4.59.